The molecule has 0 unspecified atom stereocenters. The van der Waals surface area contributed by atoms with Gasteiger partial charge in [-0.15, -0.1) is 0 Å². The molecule has 0 aliphatic heterocycles. The fourth-order valence-electron chi connectivity index (χ4n) is 1.34. The minimum Gasteiger partial charge on any atom is -0.385 e. The summed E-state index contributed by atoms with van der Waals surface area (Å²) in [5.41, 5.74) is 0.401. The number of ether oxygens (including phenoxy) is 1. The van der Waals surface area contributed by atoms with Crippen molar-refractivity contribution in [1.82, 2.24) is 5.32 Å². The van der Waals surface area contributed by atoms with E-state index in [0.717, 1.165) is 0 Å². The summed E-state index contributed by atoms with van der Waals surface area (Å²) in [6.45, 7) is 0.914. The Hall–Kier alpha value is -1.71. The number of rotatable bonds is 7. The molecule has 0 fully saturated rings. The van der Waals surface area contributed by atoms with Crippen molar-refractivity contribution in [3.8, 4) is 6.07 Å². The Balaban J connectivity index is 2.53. The van der Waals surface area contributed by atoms with Crippen molar-refractivity contribution >= 4 is 23.0 Å². The quantitative estimate of drug-likeness (QED) is 0.457. The summed E-state index contributed by atoms with van der Waals surface area (Å²) >= 11 is 1.35. The van der Waals surface area contributed by atoms with E-state index in [4.69, 9.17) is 10.00 Å². The summed E-state index contributed by atoms with van der Waals surface area (Å²) in [6.07, 6.45) is 0.646. The number of nitriles is 1. The maximum atomic E-state index is 11.9. The van der Waals surface area contributed by atoms with Gasteiger partial charge in [-0.25, -0.2) is 0 Å². The van der Waals surface area contributed by atoms with Gasteiger partial charge in [0.2, 0.25) is 5.91 Å². The molecule has 18 heavy (non-hydrogen) atoms. The molecule has 5 nitrogen and oxygen atoms in total. The van der Waals surface area contributed by atoms with E-state index >= 15 is 0 Å². The van der Waals surface area contributed by atoms with Crippen LogP contribution in [0, 0.1) is 17.2 Å². The summed E-state index contributed by atoms with van der Waals surface area (Å²) in [5, 5.41) is 14.8. The second-order valence-electron chi connectivity index (χ2n) is 3.58. The first-order valence-corrected chi connectivity index (χ1v) is 6.37. The molecular formula is C12H14N2O3S. The molecule has 0 saturated carbocycles. The molecule has 0 spiro atoms. The Bertz CT molecular complexity index is 437. The summed E-state index contributed by atoms with van der Waals surface area (Å²) in [5.74, 6) is -2.28. The van der Waals surface area contributed by atoms with E-state index in [9.17, 15) is 9.59 Å². The van der Waals surface area contributed by atoms with Crippen molar-refractivity contribution in [3.63, 3.8) is 0 Å². The highest BCUT2D eigenvalue weighted by Gasteiger charge is 2.27. The van der Waals surface area contributed by atoms with Gasteiger partial charge in [-0.1, -0.05) is 0 Å². The Morgan fingerprint density at radius 1 is 1.61 bits per heavy atom. The lowest BCUT2D eigenvalue weighted by molar-refractivity contribution is -0.122. The third kappa shape index (κ3) is 3.95. The SMILES string of the molecule is COCCCNC(=O)[C@H](C#N)C(=O)c1ccsc1. The number of carbonyl (C=O) groups excluding carboxylic acids is 2. The topological polar surface area (TPSA) is 79.2 Å². The normalized spacial score (nSPS) is 11.6. The maximum Gasteiger partial charge on any atom is 0.245 e. The van der Waals surface area contributed by atoms with Crippen molar-refractivity contribution in [3.05, 3.63) is 22.4 Å². The number of amides is 1. The summed E-state index contributed by atoms with van der Waals surface area (Å²) in [4.78, 5) is 23.5. The molecule has 1 amide bonds. The van der Waals surface area contributed by atoms with E-state index in [-0.39, 0.29) is 0 Å². The highest BCUT2D eigenvalue weighted by Crippen LogP contribution is 2.12. The van der Waals surface area contributed by atoms with Gasteiger partial charge < -0.3 is 10.1 Å². The van der Waals surface area contributed by atoms with Crippen LogP contribution in [0.5, 0.6) is 0 Å². The predicted molar refractivity (Wildman–Crippen MR) is 67.3 cm³/mol. The highest BCUT2D eigenvalue weighted by atomic mass is 32.1. The van der Waals surface area contributed by atoms with Gasteiger partial charge in [-0.2, -0.15) is 16.6 Å². The first kappa shape index (κ1) is 14.4. The molecular weight excluding hydrogens is 252 g/mol. The molecule has 0 aromatic carbocycles. The van der Waals surface area contributed by atoms with Crippen LogP contribution in [0.1, 0.15) is 16.8 Å². The molecule has 1 rings (SSSR count). The van der Waals surface area contributed by atoms with E-state index < -0.39 is 17.6 Å². The molecule has 1 heterocycles. The maximum absolute atomic E-state index is 11.9. The van der Waals surface area contributed by atoms with Crippen molar-refractivity contribution in [2.24, 2.45) is 5.92 Å². The fourth-order valence-corrected chi connectivity index (χ4v) is 1.98. The molecule has 0 bridgehead atoms. The highest BCUT2D eigenvalue weighted by molar-refractivity contribution is 7.08. The summed E-state index contributed by atoms with van der Waals surface area (Å²) in [7, 11) is 1.57. The van der Waals surface area contributed by atoms with Crippen LogP contribution in [0.2, 0.25) is 0 Å². The smallest absolute Gasteiger partial charge is 0.245 e. The Kier molecular flexibility index (Phi) is 6.05. The Morgan fingerprint density at radius 2 is 2.39 bits per heavy atom. The fraction of sp³-hybridized carbons (Fsp3) is 0.417. The second kappa shape index (κ2) is 7.58. The van der Waals surface area contributed by atoms with Crippen LogP contribution in [0.3, 0.4) is 0 Å². The number of hydrogen-bond acceptors (Lipinski definition) is 5. The van der Waals surface area contributed by atoms with Crippen molar-refractivity contribution in [1.29, 1.82) is 5.26 Å². The van der Waals surface area contributed by atoms with Crippen LogP contribution in [-0.4, -0.2) is 32.0 Å². The number of Topliss-reactive ketones (excluding diaryl/α,β-unsaturated/α-hetero) is 1. The van der Waals surface area contributed by atoms with Gasteiger partial charge in [-0.05, 0) is 17.9 Å². The lowest BCUT2D eigenvalue weighted by atomic mass is 10.0. The number of nitrogens with one attached hydrogen (secondary N) is 1. The van der Waals surface area contributed by atoms with E-state index in [0.29, 0.717) is 25.1 Å². The minimum absolute atomic E-state index is 0.391. The first-order valence-electron chi connectivity index (χ1n) is 5.43. The summed E-state index contributed by atoms with van der Waals surface area (Å²) in [6, 6.07) is 3.35. The molecule has 0 saturated heterocycles. The molecule has 6 heteroatoms. The molecule has 0 aliphatic rings. The van der Waals surface area contributed by atoms with E-state index in [1.54, 1.807) is 30.0 Å². The number of thiophene rings is 1. The van der Waals surface area contributed by atoms with E-state index in [2.05, 4.69) is 5.32 Å². The molecule has 96 valence electrons. The third-order valence-electron chi connectivity index (χ3n) is 2.28. The average Bonchev–Trinajstić information content (AvgIpc) is 2.89. The van der Waals surface area contributed by atoms with Crippen molar-refractivity contribution in [2.45, 2.75) is 6.42 Å². The van der Waals surface area contributed by atoms with Gasteiger partial charge in [0.1, 0.15) is 0 Å². The largest absolute Gasteiger partial charge is 0.385 e. The second-order valence-corrected chi connectivity index (χ2v) is 4.36. The standard InChI is InChI=1S/C12H14N2O3S/c1-17-5-2-4-14-12(16)10(7-13)11(15)9-3-6-18-8-9/h3,6,8,10H,2,4-5H2,1H3,(H,14,16)/t10-/m1/s1. The van der Waals surface area contributed by atoms with Crippen LogP contribution in [-0.2, 0) is 9.53 Å². The van der Waals surface area contributed by atoms with Gasteiger partial charge in [-0.3, -0.25) is 9.59 Å². The Morgan fingerprint density at radius 3 is 2.94 bits per heavy atom. The monoisotopic (exact) mass is 266 g/mol. The number of hydrogen-bond donors (Lipinski definition) is 1. The Labute approximate surface area is 109 Å². The molecule has 1 aromatic heterocycles. The van der Waals surface area contributed by atoms with Gasteiger partial charge in [0.15, 0.2) is 11.7 Å². The third-order valence-corrected chi connectivity index (χ3v) is 2.97. The van der Waals surface area contributed by atoms with Crippen LogP contribution >= 0.6 is 11.3 Å². The number of ketones is 1. The first-order chi connectivity index (χ1) is 8.70. The molecule has 1 atom stereocenters. The van der Waals surface area contributed by atoms with E-state index in [1.165, 1.54) is 11.3 Å². The van der Waals surface area contributed by atoms with E-state index in [1.807, 2.05) is 0 Å². The van der Waals surface area contributed by atoms with Gasteiger partial charge in [0.05, 0.1) is 6.07 Å². The van der Waals surface area contributed by atoms with Gasteiger partial charge in [0.25, 0.3) is 0 Å². The van der Waals surface area contributed by atoms with Crippen LogP contribution in [0.4, 0.5) is 0 Å². The number of nitrogens with zero attached hydrogens (tertiary/aromatic N) is 1. The molecule has 0 radical (unpaired) electrons. The molecule has 1 N–H and O–H groups in total. The average molecular weight is 266 g/mol. The van der Waals surface area contributed by atoms with Crippen molar-refractivity contribution in [2.75, 3.05) is 20.3 Å². The summed E-state index contributed by atoms with van der Waals surface area (Å²) < 4.78 is 4.83. The molecule has 0 aliphatic carbocycles. The van der Waals surface area contributed by atoms with Gasteiger partial charge in [0, 0.05) is 31.2 Å². The lowest BCUT2D eigenvalue weighted by Gasteiger charge is -2.08. The van der Waals surface area contributed by atoms with Gasteiger partial charge >= 0.3 is 0 Å². The number of methoxy groups -OCH3 is 1. The number of carbonyl (C=O) groups is 2. The van der Waals surface area contributed by atoms with Crippen molar-refractivity contribution < 1.29 is 14.3 Å². The minimum atomic E-state index is -1.28. The van der Waals surface area contributed by atoms with Crippen LogP contribution in [0.25, 0.3) is 0 Å². The van der Waals surface area contributed by atoms with Crippen LogP contribution < -0.4 is 5.32 Å². The molecule has 1 aromatic rings. The lowest BCUT2D eigenvalue weighted by Crippen LogP contribution is -2.35. The predicted octanol–water partition coefficient (Wildman–Crippen LogP) is 1.22. The zero-order valence-corrected chi connectivity index (χ0v) is 10.8. The van der Waals surface area contributed by atoms with Crippen LogP contribution in [0.15, 0.2) is 16.8 Å². The zero-order chi connectivity index (χ0) is 13.4. The zero-order valence-electron chi connectivity index (χ0n) is 10.0.